The first-order valence-corrected chi connectivity index (χ1v) is 7.33. The van der Waals surface area contributed by atoms with Gasteiger partial charge in [-0.3, -0.25) is 0 Å². The molecule has 2 aromatic carbocycles. The number of nitrogens with zero attached hydrogens (tertiary/aromatic N) is 1. The number of aryl methyl sites for hydroxylation is 1. The van der Waals surface area contributed by atoms with Gasteiger partial charge < -0.3 is 10.4 Å². The normalized spacial score (nSPS) is 16.9. The molecule has 1 unspecified atom stereocenters. The van der Waals surface area contributed by atoms with E-state index in [4.69, 9.17) is 16.9 Å². The molecule has 106 valence electrons. The zero-order valence-corrected chi connectivity index (χ0v) is 12.2. The van der Waals surface area contributed by atoms with Gasteiger partial charge in [-0.25, -0.2) is 0 Å². The maximum atomic E-state index is 9.59. The number of aromatic hydroxyl groups is 1. The van der Waals surface area contributed by atoms with Crippen molar-refractivity contribution >= 4 is 17.3 Å². The van der Waals surface area contributed by atoms with Crippen LogP contribution in [0.1, 0.15) is 35.6 Å². The number of nitriles is 1. The average molecular weight is 299 g/mol. The maximum Gasteiger partial charge on any atom is 0.115 e. The number of hydrogen-bond acceptors (Lipinski definition) is 3. The molecule has 1 atom stereocenters. The lowest BCUT2D eigenvalue weighted by molar-refractivity contribution is 0.472. The molecule has 3 rings (SSSR count). The summed E-state index contributed by atoms with van der Waals surface area (Å²) in [5.74, 6) is 0.311. The second kappa shape index (κ2) is 5.67. The van der Waals surface area contributed by atoms with E-state index < -0.39 is 0 Å². The predicted molar refractivity (Wildman–Crippen MR) is 83.6 cm³/mol. The highest BCUT2D eigenvalue weighted by Crippen LogP contribution is 2.36. The molecule has 0 bridgehead atoms. The van der Waals surface area contributed by atoms with E-state index in [1.165, 1.54) is 11.1 Å². The Labute approximate surface area is 128 Å². The largest absolute Gasteiger partial charge is 0.508 e. The van der Waals surface area contributed by atoms with Crippen molar-refractivity contribution in [2.45, 2.75) is 25.3 Å². The molecule has 0 radical (unpaired) electrons. The standard InChI is InChI=1S/C17H15ClN2O/c18-15-8-11(10-19)4-7-17(15)20-16-3-1-2-12-9-13(21)5-6-14(12)16/h4-9,16,20-21H,1-3H2. The highest BCUT2D eigenvalue weighted by Gasteiger charge is 2.21. The fourth-order valence-electron chi connectivity index (χ4n) is 2.84. The van der Waals surface area contributed by atoms with Gasteiger partial charge in [0.25, 0.3) is 0 Å². The van der Waals surface area contributed by atoms with Crippen LogP contribution in [0.2, 0.25) is 5.02 Å². The Morgan fingerprint density at radius 3 is 2.86 bits per heavy atom. The molecular formula is C17H15ClN2O. The Bertz CT molecular complexity index is 721. The first kappa shape index (κ1) is 13.8. The molecule has 0 spiro atoms. The van der Waals surface area contributed by atoms with Gasteiger partial charge in [-0.2, -0.15) is 5.26 Å². The smallest absolute Gasteiger partial charge is 0.115 e. The van der Waals surface area contributed by atoms with Crippen LogP contribution < -0.4 is 5.32 Å². The van der Waals surface area contributed by atoms with E-state index in [1.54, 1.807) is 18.2 Å². The zero-order valence-electron chi connectivity index (χ0n) is 11.4. The molecule has 0 heterocycles. The van der Waals surface area contributed by atoms with Crippen molar-refractivity contribution in [3.05, 3.63) is 58.1 Å². The van der Waals surface area contributed by atoms with Gasteiger partial charge in [0, 0.05) is 0 Å². The topological polar surface area (TPSA) is 56.0 Å². The summed E-state index contributed by atoms with van der Waals surface area (Å²) in [4.78, 5) is 0. The van der Waals surface area contributed by atoms with Gasteiger partial charge in [0.05, 0.1) is 28.4 Å². The van der Waals surface area contributed by atoms with Crippen molar-refractivity contribution in [2.75, 3.05) is 5.32 Å². The van der Waals surface area contributed by atoms with E-state index in [0.29, 0.717) is 16.3 Å². The van der Waals surface area contributed by atoms with Gasteiger partial charge in [-0.05, 0) is 60.7 Å². The van der Waals surface area contributed by atoms with Crippen LogP contribution in [0, 0.1) is 11.3 Å². The number of rotatable bonds is 2. The molecule has 2 aromatic rings. The van der Waals surface area contributed by atoms with Crippen LogP contribution in [0.4, 0.5) is 5.69 Å². The highest BCUT2D eigenvalue weighted by atomic mass is 35.5. The zero-order chi connectivity index (χ0) is 14.8. The van der Waals surface area contributed by atoms with Crippen LogP contribution in [-0.4, -0.2) is 5.11 Å². The second-order valence-corrected chi connectivity index (χ2v) is 5.69. The van der Waals surface area contributed by atoms with E-state index in [9.17, 15) is 5.11 Å². The third-order valence-corrected chi connectivity index (χ3v) is 4.18. The monoisotopic (exact) mass is 298 g/mol. The maximum absolute atomic E-state index is 9.59. The second-order valence-electron chi connectivity index (χ2n) is 5.28. The fraction of sp³-hybridized carbons (Fsp3) is 0.235. The number of anilines is 1. The van der Waals surface area contributed by atoms with E-state index in [1.807, 2.05) is 18.2 Å². The van der Waals surface area contributed by atoms with Crippen LogP contribution in [0.15, 0.2) is 36.4 Å². The highest BCUT2D eigenvalue weighted by molar-refractivity contribution is 6.33. The van der Waals surface area contributed by atoms with Gasteiger partial charge in [0.15, 0.2) is 0 Å². The fourth-order valence-corrected chi connectivity index (χ4v) is 3.08. The summed E-state index contributed by atoms with van der Waals surface area (Å²) in [7, 11) is 0. The molecule has 0 saturated heterocycles. The van der Waals surface area contributed by atoms with E-state index in [-0.39, 0.29) is 6.04 Å². The summed E-state index contributed by atoms with van der Waals surface area (Å²) in [6.07, 6.45) is 3.08. The minimum absolute atomic E-state index is 0.180. The number of phenolic OH excluding ortho intramolecular Hbond substituents is 1. The third-order valence-electron chi connectivity index (χ3n) is 3.87. The molecule has 2 N–H and O–H groups in total. The molecule has 0 saturated carbocycles. The molecule has 0 aliphatic heterocycles. The first-order valence-electron chi connectivity index (χ1n) is 6.95. The van der Waals surface area contributed by atoms with Crippen LogP contribution in [-0.2, 0) is 6.42 Å². The van der Waals surface area contributed by atoms with Crippen LogP contribution in [0.5, 0.6) is 5.75 Å². The van der Waals surface area contributed by atoms with Crippen LogP contribution in [0.25, 0.3) is 0 Å². The Morgan fingerprint density at radius 1 is 1.24 bits per heavy atom. The Hall–Kier alpha value is -2.18. The van der Waals surface area contributed by atoms with Crippen molar-refractivity contribution in [3.8, 4) is 11.8 Å². The van der Waals surface area contributed by atoms with Gasteiger partial charge in [-0.1, -0.05) is 17.7 Å². The summed E-state index contributed by atoms with van der Waals surface area (Å²) in [6, 6.07) is 13.1. The minimum Gasteiger partial charge on any atom is -0.508 e. The number of fused-ring (bicyclic) bond motifs is 1. The van der Waals surface area contributed by atoms with Crippen molar-refractivity contribution in [1.82, 2.24) is 0 Å². The Kier molecular flexibility index (Phi) is 3.72. The third kappa shape index (κ3) is 2.81. The lowest BCUT2D eigenvalue weighted by atomic mass is 9.87. The minimum atomic E-state index is 0.180. The molecule has 0 fully saturated rings. The van der Waals surface area contributed by atoms with Crippen LogP contribution >= 0.6 is 11.6 Å². The molecule has 4 heteroatoms. The molecule has 21 heavy (non-hydrogen) atoms. The van der Waals surface area contributed by atoms with Crippen molar-refractivity contribution < 1.29 is 5.11 Å². The summed E-state index contributed by atoms with van der Waals surface area (Å²) < 4.78 is 0. The summed E-state index contributed by atoms with van der Waals surface area (Å²) >= 11 is 6.23. The Balaban J connectivity index is 1.89. The van der Waals surface area contributed by atoms with Crippen molar-refractivity contribution in [1.29, 1.82) is 5.26 Å². The van der Waals surface area contributed by atoms with E-state index in [2.05, 4.69) is 11.4 Å². The van der Waals surface area contributed by atoms with Gasteiger partial charge in [-0.15, -0.1) is 0 Å². The SMILES string of the molecule is N#Cc1ccc(NC2CCCc3cc(O)ccc32)c(Cl)c1. The molecule has 1 aliphatic rings. The van der Waals surface area contributed by atoms with E-state index >= 15 is 0 Å². The number of phenols is 1. The summed E-state index contributed by atoms with van der Waals surface area (Å²) in [6.45, 7) is 0. The quantitative estimate of drug-likeness (QED) is 0.863. The number of nitrogens with one attached hydrogen (secondary N) is 1. The molecule has 1 aliphatic carbocycles. The molecule has 0 amide bonds. The molecule has 0 aromatic heterocycles. The number of hydrogen-bond donors (Lipinski definition) is 2. The summed E-state index contributed by atoms with van der Waals surface area (Å²) in [5.41, 5.74) is 3.78. The lowest BCUT2D eigenvalue weighted by Crippen LogP contribution is -2.17. The average Bonchev–Trinajstić information content (AvgIpc) is 2.49. The van der Waals surface area contributed by atoms with Crippen LogP contribution in [0.3, 0.4) is 0 Å². The van der Waals surface area contributed by atoms with Gasteiger partial charge in [0.1, 0.15) is 5.75 Å². The van der Waals surface area contributed by atoms with Gasteiger partial charge in [0.2, 0.25) is 0 Å². The molecular weight excluding hydrogens is 284 g/mol. The first-order chi connectivity index (χ1) is 10.2. The number of benzene rings is 2. The number of halogens is 1. The van der Waals surface area contributed by atoms with Crippen molar-refractivity contribution in [3.63, 3.8) is 0 Å². The Morgan fingerprint density at radius 2 is 2.10 bits per heavy atom. The molecule has 3 nitrogen and oxygen atoms in total. The lowest BCUT2D eigenvalue weighted by Gasteiger charge is -2.27. The summed E-state index contributed by atoms with van der Waals surface area (Å²) in [5, 5.41) is 22.5. The predicted octanol–water partition coefficient (Wildman–Crippen LogP) is 4.41. The van der Waals surface area contributed by atoms with Crippen molar-refractivity contribution in [2.24, 2.45) is 0 Å². The van der Waals surface area contributed by atoms with E-state index in [0.717, 1.165) is 24.9 Å². The van der Waals surface area contributed by atoms with Gasteiger partial charge >= 0.3 is 0 Å².